The number of nitrogens with one attached hydrogen (secondary N) is 2. The van der Waals surface area contributed by atoms with Gasteiger partial charge in [-0.05, 0) is 43.9 Å². The summed E-state index contributed by atoms with van der Waals surface area (Å²) in [7, 11) is 0. The highest BCUT2D eigenvalue weighted by atomic mass is 16.6. The molecule has 180 valence electrons. The number of alkyl carbamates (subject to hydrolysis) is 1. The van der Waals surface area contributed by atoms with Gasteiger partial charge in [0.15, 0.2) is 0 Å². The van der Waals surface area contributed by atoms with Crippen LogP contribution in [0, 0.1) is 17.8 Å². The summed E-state index contributed by atoms with van der Waals surface area (Å²) in [5.74, 6) is 1.73. The van der Waals surface area contributed by atoms with E-state index < -0.39 is 41.2 Å². The normalized spacial score (nSPS) is 19.4. The van der Waals surface area contributed by atoms with Gasteiger partial charge in [-0.1, -0.05) is 38.8 Å². The number of nitrogens with zero attached hydrogens (tertiary/aromatic N) is 1. The monoisotopic (exact) mass is 457 g/mol. The number of rotatable bonds is 5. The summed E-state index contributed by atoms with van der Waals surface area (Å²) in [5.41, 5.74) is 0.228. The molecule has 1 saturated heterocycles. The van der Waals surface area contributed by atoms with Crippen LogP contribution >= 0.6 is 0 Å². The van der Waals surface area contributed by atoms with Crippen molar-refractivity contribution in [1.29, 1.82) is 0 Å². The summed E-state index contributed by atoms with van der Waals surface area (Å²) in [5, 5.41) is 15.7. The van der Waals surface area contributed by atoms with E-state index in [1.165, 1.54) is 4.90 Å². The van der Waals surface area contributed by atoms with Crippen molar-refractivity contribution in [1.82, 2.24) is 15.5 Å². The molecule has 0 spiro atoms. The molecule has 1 aromatic rings. The fourth-order valence-electron chi connectivity index (χ4n) is 3.57. The molecule has 33 heavy (non-hydrogen) atoms. The lowest BCUT2D eigenvalue weighted by atomic mass is 9.85. The largest absolute Gasteiger partial charge is 0.444 e. The van der Waals surface area contributed by atoms with E-state index in [2.05, 4.69) is 16.6 Å². The Balaban J connectivity index is 2.13. The summed E-state index contributed by atoms with van der Waals surface area (Å²) < 4.78 is 5.31. The van der Waals surface area contributed by atoms with Gasteiger partial charge in [-0.15, -0.1) is 6.42 Å². The Hall–Kier alpha value is -3.05. The van der Waals surface area contributed by atoms with Gasteiger partial charge in [0.25, 0.3) is 0 Å². The predicted octanol–water partition coefficient (Wildman–Crippen LogP) is 2.19. The number of carbonyl (C=O) groups is 3. The van der Waals surface area contributed by atoms with Crippen LogP contribution in [0.3, 0.4) is 0 Å². The number of terminal acetylenes is 1. The molecule has 1 aliphatic rings. The summed E-state index contributed by atoms with van der Waals surface area (Å²) in [6, 6.07) is 5.43. The van der Waals surface area contributed by atoms with E-state index in [0.29, 0.717) is 0 Å². The summed E-state index contributed by atoms with van der Waals surface area (Å²) in [4.78, 5) is 40.1. The predicted molar refractivity (Wildman–Crippen MR) is 125 cm³/mol. The van der Waals surface area contributed by atoms with Crippen LogP contribution < -0.4 is 10.6 Å². The molecule has 0 radical (unpaired) electrons. The van der Waals surface area contributed by atoms with Crippen LogP contribution in [-0.4, -0.2) is 58.2 Å². The number of β-amino-alcohol motifs (C(OH)–C–C–N with tert-alkyl or cyclic N) is 1. The van der Waals surface area contributed by atoms with Crippen molar-refractivity contribution in [2.45, 2.75) is 78.3 Å². The molecule has 0 aromatic heterocycles. The molecule has 1 heterocycles. The zero-order chi connectivity index (χ0) is 25.0. The van der Waals surface area contributed by atoms with Gasteiger partial charge in [-0.3, -0.25) is 9.59 Å². The van der Waals surface area contributed by atoms with Crippen molar-refractivity contribution in [3.05, 3.63) is 35.4 Å². The quantitative estimate of drug-likeness (QED) is 0.588. The van der Waals surface area contributed by atoms with E-state index in [1.807, 2.05) is 32.9 Å². The van der Waals surface area contributed by atoms with Gasteiger partial charge in [0.2, 0.25) is 11.8 Å². The molecule has 3 N–H and O–H groups in total. The van der Waals surface area contributed by atoms with Gasteiger partial charge in [-0.25, -0.2) is 4.79 Å². The molecular weight excluding hydrogens is 422 g/mol. The van der Waals surface area contributed by atoms with Crippen molar-refractivity contribution < 1.29 is 24.2 Å². The number of likely N-dealkylation sites (tertiary alicyclic amines) is 1. The van der Waals surface area contributed by atoms with Crippen molar-refractivity contribution in [3.8, 4) is 12.3 Å². The maximum atomic E-state index is 13.4. The molecule has 8 nitrogen and oxygen atoms in total. The molecule has 8 heteroatoms. The Kier molecular flexibility index (Phi) is 8.15. The van der Waals surface area contributed by atoms with Crippen molar-refractivity contribution in [2.75, 3.05) is 6.54 Å². The third-order valence-electron chi connectivity index (χ3n) is 5.23. The Morgan fingerprint density at radius 3 is 2.30 bits per heavy atom. The second-order valence-corrected chi connectivity index (χ2v) is 10.4. The molecule has 0 bridgehead atoms. The smallest absolute Gasteiger partial charge is 0.408 e. The second-order valence-electron chi connectivity index (χ2n) is 10.4. The molecule has 1 aliphatic heterocycles. The number of amides is 3. The van der Waals surface area contributed by atoms with Crippen LogP contribution in [-0.2, 0) is 20.9 Å². The number of aliphatic hydroxyl groups excluding tert-OH is 1. The van der Waals surface area contributed by atoms with E-state index in [4.69, 9.17) is 11.2 Å². The topological polar surface area (TPSA) is 108 Å². The molecule has 0 aliphatic carbocycles. The van der Waals surface area contributed by atoms with Gasteiger partial charge >= 0.3 is 6.09 Å². The van der Waals surface area contributed by atoms with Crippen LogP contribution in [0.25, 0.3) is 0 Å². The van der Waals surface area contributed by atoms with Crippen molar-refractivity contribution in [3.63, 3.8) is 0 Å². The lowest BCUT2D eigenvalue weighted by Crippen LogP contribution is -2.58. The van der Waals surface area contributed by atoms with E-state index >= 15 is 0 Å². The van der Waals surface area contributed by atoms with Gasteiger partial charge < -0.3 is 25.4 Å². The van der Waals surface area contributed by atoms with Crippen LogP contribution in [0.1, 0.15) is 59.1 Å². The first-order valence-corrected chi connectivity index (χ1v) is 11.0. The minimum atomic E-state index is -0.941. The van der Waals surface area contributed by atoms with Gasteiger partial charge in [0.05, 0.1) is 6.10 Å². The Bertz CT molecular complexity index is 906. The fourth-order valence-corrected chi connectivity index (χ4v) is 3.57. The zero-order valence-electron chi connectivity index (χ0n) is 20.3. The maximum Gasteiger partial charge on any atom is 0.408 e. The van der Waals surface area contributed by atoms with Gasteiger partial charge in [0.1, 0.15) is 17.7 Å². The third kappa shape index (κ3) is 7.50. The first-order valence-electron chi connectivity index (χ1n) is 11.0. The maximum absolute atomic E-state index is 13.4. The lowest BCUT2D eigenvalue weighted by Gasteiger charge is -2.35. The van der Waals surface area contributed by atoms with E-state index in [0.717, 1.165) is 11.1 Å². The third-order valence-corrected chi connectivity index (χ3v) is 5.23. The standard InChI is InChI=1S/C25H35N3O5/c1-8-16-9-11-17(12-10-16)14-26-21(30)19-13-18(29)15-28(19)22(31)20(24(2,3)4)27-23(32)33-25(5,6)7/h1,9-12,18-20,29H,13-15H2,2-7H3,(H,26,30)(H,27,32)/t18-,19+,20-/m1/s1. The highest BCUT2D eigenvalue weighted by molar-refractivity contribution is 5.92. The minimum absolute atomic E-state index is 0.0103. The molecule has 2 rings (SSSR count). The van der Waals surface area contributed by atoms with Crippen LogP contribution in [0.5, 0.6) is 0 Å². The fraction of sp³-hybridized carbons (Fsp3) is 0.560. The highest BCUT2D eigenvalue weighted by Crippen LogP contribution is 2.26. The Labute approximate surface area is 196 Å². The van der Waals surface area contributed by atoms with Crippen LogP contribution in [0.2, 0.25) is 0 Å². The number of benzene rings is 1. The number of ether oxygens (including phenoxy) is 1. The SMILES string of the molecule is C#Cc1ccc(CNC(=O)[C@@H]2C[C@@H](O)CN2C(=O)[C@@H](NC(=O)OC(C)(C)C)C(C)(C)C)cc1. The number of aliphatic hydroxyl groups is 1. The van der Waals surface area contributed by atoms with Gasteiger partial charge in [0, 0.05) is 25.1 Å². The molecule has 1 fully saturated rings. The number of hydrogen-bond donors (Lipinski definition) is 3. The molecule has 3 amide bonds. The van der Waals surface area contributed by atoms with Crippen molar-refractivity contribution in [2.24, 2.45) is 5.41 Å². The molecular formula is C25H35N3O5. The number of hydrogen-bond acceptors (Lipinski definition) is 5. The first kappa shape index (κ1) is 26.2. The Morgan fingerprint density at radius 1 is 1.18 bits per heavy atom. The highest BCUT2D eigenvalue weighted by Gasteiger charge is 2.44. The summed E-state index contributed by atoms with van der Waals surface area (Å²) >= 11 is 0. The summed E-state index contributed by atoms with van der Waals surface area (Å²) in [6.07, 6.45) is 3.94. The van der Waals surface area contributed by atoms with E-state index in [9.17, 15) is 19.5 Å². The average molecular weight is 458 g/mol. The molecule has 3 atom stereocenters. The van der Waals surface area contributed by atoms with Crippen LogP contribution in [0.15, 0.2) is 24.3 Å². The van der Waals surface area contributed by atoms with E-state index in [-0.39, 0.29) is 25.4 Å². The van der Waals surface area contributed by atoms with Crippen LogP contribution in [0.4, 0.5) is 4.79 Å². The number of carbonyl (C=O) groups excluding carboxylic acids is 3. The molecule has 1 aromatic carbocycles. The summed E-state index contributed by atoms with van der Waals surface area (Å²) in [6.45, 7) is 10.9. The molecule has 0 unspecified atom stereocenters. The van der Waals surface area contributed by atoms with Crippen molar-refractivity contribution >= 4 is 17.9 Å². The van der Waals surface area contributed by atoms with Gasteiger partial charge in [-0.2, -0.15) is 0 Å². The first-order chi connectivity index (χ1) is 15.2. The minimum Gasteiger partial charge on any atom is -0.444 e. The second kappa shape index (κ2) is 10.3. The molecule has 0 saturated carbocycles. The average Bonchev–Trinajstić information content (AvgIpc) is 3.10. The Morgan fingerprint density at radius 2 is 1.79 bits per heavy atom. The lowest BCUT2D eigenvalue weighted by molar-refractivity contribution is -0.142. The van der Waals surface area contributed by atoms with E-state index in [1.54, 1.807) is 32.9 Å². The zero-order valence-corrected chi connectivity index (χ0v) is 20.3.